The molecule has 0 bridgehead atoms. The minimum atomic E-state index is -1.09. The van der Waals surface area contributed by atoms with Gasteiger partial charge in [0.2, 0.25) is 5.91 Å². The van der Waals surface area contributed by atoms with Gasteiger partial charge in [-0.1, -0.05) is 17.4 Å². The number of nitrogens with one attached hydrogen (secondary N) is 1. The predicted octanol–water partition coefficient (Wildman–Crippen LogP) is 3.08. The van der Waals surface area contributed by atoms with E-state index in [1.165, 1.54) is 4.90 Å². The lowest BCUT2D eigenvalue weighted by atomic mass is 10.0. The number of amides is 2. The number of hydrogen-bond acceptors (Lipinski definition) is 7. The first-order valence-electron chi connectivity index (χ1n) is 9.18. The first-order valence-corrected chi connectivity index (χ1v) is 10.00. The fraction of sp³-hybridized carbons (Fsp3) is 0.400. The van der Waals surface area contributed by atoms with Gasteiger partial charge in [-0.15, -0.1) is 0 Å². The van der Waals surface area contributed by atoms with Gasteiger partial charge >= 0.3 is 5.97 Å². The van der Waals surface area contributed by atoms with Gasteiger partial charge in [-0.2, -0.15) is 0 Å². The molecular formula is C20H23N3O5S. The fourth-order valence-electron chi connectivity index (χ4n) is 2.97. The third kappa shape index (κ3) is 4.24. The largest absolute Gasteiger partial charge is 0.476 e. The third-order valence-electron chi connectivity index (χ3n) is 4.34. The molecule has 29 heavy (non-hydrogen) atoms. The van der Waals surface area contributed by atoms with Crippen molar-refractivity contribution in [1.29, 1.82) is 0 Å². The number of aryl methyl sites for hydroxylation is 2. The Balaban J connectivity index is 1.80. The highest BCUT2D eigenvalue weighted by molar-refractivity contribution is 7.17. The van der Waals surface area contributed by atoms with Crippen LogP contribution in [-0.2, 0) is 14.3 Å². The van der Waals surface area contributed by atoms with Crippen LogP contribution in [0.5, 0.6) is 5.75 Å². The summed E-state index contributed by atoms with van der Waals surface area (Å²) in [6.07, 6.45) is 0. The van der Waals surface area contributed by atoms with E-state index in [9.17, 15) is 14.4 Å². The first kappa shape index (κ1) is 20.8. The first-order chi connectivity index (χ1) is 13.6. The van der Waals surface area contributed by atoms with Crippen molar-refractivity contribution in [2.75, 3.05) is 23.4 Å². The molecule has 0 saturated carbocycles. The smallest absolute Gasteiger partial charge is 0.350 e. The second kappa shape index (κ2) is 7.82. The van der Waals surface area contributed by atoms with Crippen molar-refractivity contribution in [1.82, 2.24) is 4.98 Å². The molecule has 0 atom stereocenters. The summed E-state index contributed by atoms with van der Waals surface area (Å²) in [5.74, 6) is -0.666. The Kier molecular flexibility index (Phi) is 5.61. The zero-order valence-electron chi connectivity index (χ0n) is 17.0. The SMILES string of the molecule is CCOC(=O)c1sc(NC(=O)CN2C(=O)C(C)(C)Oc3ccc(C)cc32)nc1C. The second-order valence-electron chi connectivity index (χ2n) is 7.18. The van der Waals surface area contributed by atoms with Crippen LogP contribution in [0.15, 0.2) is 18.2 Å². The van der Waals surface area contributed by atoms with Gasteiger partial charge in [-0.05, 0) is 52.3 Å². The van der Waals surface area contributed by atoms with Gasteiger partial charge in [0.05, 0.1) is 18.0 Å². The number of fused-ring (bicyclic) bond motifs is 1. The van der Waals surface area contributed by atoms with Crippen molar-refractivity contribution < 1.29 is 23.9 Å². The van der Waals surface area contributed by atoms with Gasteiger partial charge in [0.15, 0.2) is 10.7 Å². The number of nitrogens with zero attached hydrogens (tertiary/aromatic N) is 2. The maximum Gasteiger partial charge on any atom is 0.350 e. The Labute approximate surface area is 172 Å². The summed E-state index contributed by atoms with van der Waals surface area (Å²) >= 11 is 1.04. The summed E-state index contributed by atoms with van der Waals surface area (Å²) in [7, 11) is 0. The molecule has 0 spiro atoms. The summed E-state index contributed by atoms with van der Waals surface area (Å²) in [5, 5.41) is 2.94. The standard InChI is InChI=1S/C20H23N3O5S/c1-6-27-17(25)16-12(3)21-19(29-16)22-15(24)10-23-13-9-11(2)7-8-14(13)28-20(4,5)18(23)26/h7-9H,6,10H2,1-5H3,(H,21,22,24). The van der Waals surface area contributed by atoms with Crippen LogP contribution in [0.25, 0.3) is 0 Å². The highest BCUT2D eigenvalue weighted by Gasteiger charge is 2.41. The van der Waals surface area contributed by atoms with Crippen LogP contribution < -0.4 is 15.0 Å². The van der Waals surface area contributed by atoms with Crippen molar-refractivity contribution >= 4 is 39.9 Å². The maximum absolute atomic E-state index is 12.9. The number of rotatable bonds is 5. The van der Waals surface area contributed by atoms with Gasteiger partial charge in [-0.25, -0.2) is 9.78 Å². The van der Waals surface area contributed by atoms with E-state index < -0.39 is 17.5 Å². The summed E-state index contributed by atoms with van der Waals surface area (Å²) in [6.45, 7) is 8.68. The highest BCUT2D eigenvalue weighted by atomic mass is 32.1. The van der Waals surface area contributed by atoms with Crippen LogP contribution in [0.4, 0.5) is 10.8 Å². The highest BCUT2D eigenvalue weighted by Crippen LogP contribution is 2.38. The van der Waals surface area contributed by atoms with E-state index in [1.807, 2.05) is 19.1 Å². The molecule has 2 heterocycles. The Hall–Kier alpha value is -2.94. The van der Waals surface area contributed by atoms with E-state index in [2.05, 4.69) is 10.3 Å². The Morgan fingerprint density at radius 2 is 2.03 bits per heavy atom. The number of aromatic nitrogens is 1. The summed E-state index contributed by atoms with van der Waals surface area (Å²) in [4.78, 5) is 43.4. The molecule has 1 aromatic heterocycles. The van der Waals surface area contributed by atoms with Gasteiger partial charge in [0.1, 0.15) is 17.2 Å². The van der Waals surface area contributed by atoms with Gasteiger partial charge in [-0.3, -0.25) is 14.5 Å². The number of carbonyl (C=O) groups excluding carboxylic acids is 3. The van der Waals surface area contributed by atoms with E-state index in [0.29, 0.717) is 22.0 Å². The molecule has 0 saturated heterocycles. The van der Waals surface area contributed by atoms with Gasteiger partial charge in [0, 0.05) is 0 Å². The number of carbonyl (C=O) groups is 3. The van der Waals surface area contributed by atoms with Crippen LogP contribution in [-0.4, -0.2) is 41.5 Å². The minimum absolute atomic E-state index is 0.199. The summed E-state index contributed by atoms with van der Waals surface area (Å²) < 4.78 is 10.8. The van der Waals surface area contributed by atoms with Crippen LogP contribution >= 0.6 is 11.3 Å². The molecule has 2 aromatic rings. The van der Waals surface area contributed by atoms with E-state index in [4.69, 9.17) is 9.47 Å². The van der Waals surface area contributed by atoms with Crippen molar-refractivity contribution in [2.45, 2.75) is 40.2 Å². The van der Waals surface area contributed by atoms with Crippen molar-refractivity contribution in [3.05, 3.63) is 34.3 Å². The average Bonchev–Trinajstić information content (AvgIpc) is 3.00. The molecule has 1 aliphatic heterocycles. The van der Waals surface area contributed by atoms with Crippen LogP contribution in [0.1, 0.15) is 41.7 Å². The molecule has 154 valence electrons. The van der Waals surface area contributed by atoms with Crippen LogP contribution in [0.3, 0.4) is 0 Å². The second-order valence-corrected chi connectivity index (χ2v) is 8.18. The molecule has 1 aromatic carbocycles. The summed E-state index contributed by atoms with van der Waals surface area (Å²) in [6, 6.07) is 5.49. The van der Waals surface area contributed by atoms with Crippen molar-refractivity contribution in [3.63, 3.8) is 0 Å². The molecule has 0 radical (unpaired) electrons. The van der Waals surface area contributed by atoms with Crippen molar-refractivity contribution in [2.24, 2.45) is 0 Å². The number of benzene rings is 1. The van der Waals surface area contributed by atoms with E-state index in [0.717, 1.165) is 16.9 Å². The molecule has 0 fully saturated rings. The number of hydrogen-bond donors (Lipinski definition) is 1. The van der Waals surface area contributed by atoms with Gasteiger partial charge in [0.25, 0.3) is 5.91 Å². The quantitative estimate of drug-likeness (QED) is 0.751. The monoisotopic (exact) mass is 417 g/mol. The zero-order valence-corrected chi connectivity index (χ0v) is 17.8. The lowest BCUT2D eigenvalue weighted by Gasteiger charge is -2.38. The molecule has 9 heteroatoms. The normalized spacial score (nSPS) is 14.8. The van der Waals surface area contributed by atoms with Gasteiger partial charge < -0.3 is 14.8 Å². The lowest BCUT2D eigenvalue weighted by molar-refractivity contribution is -0.133. The number of ether oxygens (including phenoxy) is 2. The maximum atomic E-state index is 12.9. The number of thiazole rings is 1. The lowest BCUT2D eigenvalue weighted by Crippen LogP contribution is -2.54. The number of esters is 1. The Morgan fingerprint density at radius 1 is 1.31 bits per heavy atom. The minimum Gasteiger partial charge on any atom is -0.476 e. The third-order valence-corrected chi connectivity index (χ3v) is 5.39. The Bertz CT molecular complexity index is 982. The molecule has 3 rings (SSSR count). The van der Waals surface area contributed by atoms with Crippen molar-refractivity contribution in [3.8, 4) is 5.75 Å². The zero-order chi connectivity index (χ0) is 21.3. The molecule has 0 aliphatic carbocycles. The predicted molar refractivity (Wildman–Crippen MR) is 110 cm³/mol. The number of anilines is 2. The fourth-order valence-corrected chi connectivity index (χ4v) is 3.85. The van der Waals surface area contributed by atoms with E-state index in [-0.39, 0.29) is 24.2 Å². The van der Waals surface area contributed by atoms with Crippen LogP contribution in [0, 0.1) is 13.8 Å². The molecule has 1 N–H and O–H groups in total. The molecule has 1 aliphatic rings. The van der Waals surface area contributed by atoms with Crippen LogP contribution in [0.2, 0.25) is 0 Å². The molecular weight excluding hydrogens is 394 g/mol. The van der Waals surface area contributed by atoms with E-state index >= 15 is 0 Å². The Morgan fingerprint density at radius 3 is 2.72 bits per heavy atom. The molecule has 8 nitrogen and oxygen atoms in total. The molecule has 0 unspecified atom stereocenters. The van der Waals surface area contributed by atoms with E-state index in [1.54, 1.807) is 33.8 Å². The average molecular weight is 417 g/mol. The topological polar surface area (TPSA) is 97.8 Å². The summed E-state index contributed by atoms with van der Waals surface area (Å²) in [5.41, 5.74) is 0.886. The molecule has 2 amide bonds.